The highest BCUT2D eigenvalue weighted by Gasteiger charge is 2.18. The molecule has 1 atom stereocenters. The number of rotatable bonds is 7. The highest BCUT2D eigenvalue weighted by Crippen LogP contribution is 2.27. The molecule has 0 spiro atoms. The van der Waals surface area contributed by atoms with Crippen molar-refractivity contribution in [1.29, 1.82) is 0 Å². The quantitative estimate of drug-likeness (QED) is 0.443. The van der Waals surface area contributed by atoms with Gasteiger partial charge in [-0.3, -0.25) is 9.52 Å². The Morgan fingerprint density at radius 3 is 2.09 bits per heavy atom. The number of carbonyl (C=O) groups excluding carboxylic acids is 1. The summed E-state index contributed by atoms with van der Waals surface area (Å²) < 4.78 is 33.8. The first-order chi connectivity index (χ1) is 15.5. The predicted molar refractivity (Wildman–Crippen MR) is 133 cm³/mol. The number of halogens is 1. The second kappa shape index (κ2) is 9.85. The summed E-state index contributed by atoms with van der Waals surface area (Å²) in [6.45, 7) is 9.18. The summed E-state index contributed by atoms with van der Waals surface area (Å²) in [6.07, 6.45) is -0.764. The third kappa shape index (κ3) is 6.06. The van der Waals surface area contributed by atoms with Gasteiger partial charge in [0, 0.05) is 10.7 Å². The first kappa shape index (κ1) is 24.6. The molecule has 0 radical (unpaired) electrons. The van der Waals surface area contributed by atoms with E-state index in [1.807, 2.05) is 39.8 Å². The van der Waals surface area contributed by atoms with Crippen LogP contribution in [0.25, 0.3) is 0 Å². The fourth-order valence-electron chi connectivity index (χ4n) is 3.32. The van der Waals surface area contributed by atoms with E-state index in [1.54, 1.807) is 25.1 Å². The third-order valence-electron chi connectivity index (χ3n) is 5.15. The molecule has 2 N–H and O–H groups in total. The standard InChI is InChI=1S/C25H27ClN2O4S/c1-15-6-11-23(16(2)12-15)28-33(30,31)22-9-7-20(8-10-22)27-25(29)19(5)32-21-13-17(3)24(26)18(4)14-21/h6-14,19,28H,1-5H3,(H,27,29)/t19-/m0/s1. The highest BCUT2D eigenvalue weighted by atomic mass is 35.5. The third-order valence-corrected chi connectivity index (χ3v) is 7.13. The van der Waals surface area contributed by atoms with E-state index < -0.39 is 16.1 Å². The smallest absolute Gasteiger partial charge is 0.265 e. The van der Waals surface area contributed by atoms with Crippen LogP contribution in [0.4, 0.5) is 11.4 Å². The van der Waals surface area contributed by atoms with Gasteiger partial charge in [-0.15, -0.1) is 0 Å². The molecule has 33 heavy (non-hydrogen) atoms. The van der Waals surface area contributed by atoms with Crippen LogP contribution in [0.15, 0.2) is 59.5 Å². The Balaban J connectivity index is 1.66. The molecule has 3 rings (SSSR count). The van der Waals surface area contributed by atoms with Crippen LogP contribution < -0.4 is 14.8 Å². The van der Waals surface area contributed by atoms with Gasteiger partial charge in [-0.2, -0.15) is 0 Å². The maximum absolute atomic E-state index is 12.7. The van der Waals surface area contributed by atoms with E-state index in [2.05, 4.69) is 10.0 Å². The van der Waals surface area contributed by atoms with E-state index in [4.69, 9.17) is 16.3 Å². The fraction of sp³-hybridized carbons (Fsp3) is 0.240. The molecule has 0 saturated carbocycles. The number of aryl methyl sites for hydroxylation is 4. The van der Waals surface area contributed by atoms with Gasteiger partial charge in [0.05, 0.1) is 10.6 Å². The van der Waals surface area contributed by atoms with Gasteiger partial charge in [0.1, 0.15) is 5.75 Å². The summed E-state index contributed by atoms with van der Waals surface area (Å²) in [5, 5.41) is 3.41. The summed E-state index contributed by atoms with van der Waals surface area (Å²) in [6, 6.07) is 15.0. The summed E-state index contributed by atoms with van der Waals surface area (Å²) in [5.41, 5.74) is 4.61. The summed E-state index contributed by atoms with van der Waals surface area (Å²) in [4.78, 5) is 12.6. The molecule has 1 amide bonds. The summed E-state index contributed by atoms with van der Waals surface area (Å²) in [7, 11) is -3.76. The second-order valence-electron chi connectivity index (χ2n) is 8.07. The molecule has 0 fully saturated rings. The lowest BCUT2D eigenvalue weighted by atomic mass is 10.1. The van der Waals surface area contributed by atoms with Gasteiger partial charge >= 0.3 is 0 Å². The normalized spacial score (nSPS) is 12.2. The van der Waals surface area contributed by atoms with Crippen molar-refractivity contribution in [3.63, 3.8) is 0 Å². The average molecular weight is 487 g/mol. The molecule has 0 unspecified atom stereocenters. The molecule has 0 saturated heterocycles. The zero-order valence-electron chi connectivity index (χ0n) is 19.2. The minimum absolute atomic E-state index is 0.0943. The van der Waals surface area contributed by atoms with Gasteiger partial charge in [-0.25, -0.2) is 8.42 Å². The summed E-state index contributed by atoms with van der Waals surface area (Å²) in [5.74, 6) is 0.195. The molecule has 174 valence electrons. The predicted octanol–water partition coefficient (Wildman–Crippen LogP) is 5.78. The molecular formula is C25H27ClN2O4S. The average Bonchev–Trinajstić information content (AvgIpc) is 2.74. The van der Waals surface area contributed by atoms with Gasteiger partial charge in [-0.05, 0) is 93.8 Å². The Morgan fingerprint density at radius 1 is 0.909 bits per heavy atom. The van der Waals surface area contributed by atoms with Crippen molar-refractivity contribution in [1.82, 2.24) is 0 Å². The van der Waals surface area contributed by atoms with Crippen molar-refractivity contribution in [3.8, 4) is 5.75 Å². The number of ether oxygens (including phenoxy) is 1. The number of sulfonamides is 1. The second-order valence-corrected chi connectivity index (χ2v) is 10.1. The molecule has 0 bridgehead atoms. The van der Waals surface area contributed by atoms with Crippen LogP contribution in [0.1, 0.15) is 29.2 Å². The number of benzene rings is 3. The number of anilines is 2. The van der Waals surface area contributed by atoms with Crippen molar-refractivity contribution < 1.29 is 17.9 Å². The van der Waals surface area contributed by atoms with E-state index in [1.165, 1.54) is 24.3 Å². The first-order valence-electron chi connectivity index (χ1n) is 10.4. The Morgan fingerprint density at radius 2 is 1.52 bits per heavy atom. The van der Waals surface area contributed by atoms with Crippen LogP contribution in [0.3, 0.4) is 0 Å². The molecule has 0 aromatic heterocycles. The zero-order chi connectivity index (χ0) is 24.3. The lowest BCUT2D eigenvalue weighted by Gasteiger charge is -2.16. The lowest BCUT2D eigenvalue weighted by Crippen LogP contribution is -2.30. The van der Waals surface area contributed by atoms with Gasteiger partial charge < -0.3 is 10.1 Å². The first-order valence-corrected chi connectivity index (χ1v) is 12.3. The van der Waals surface area contributed by atoms with E-state index in [0.717, 1.165) is 22.3 Å². The Kier molecular flexibility index (Phi) is 7.34. The molecule has 0 aliphatic carbocycles. The van der Waals surface area contributed by atoms with Crippen molar-refractivity contribution in [2.45, 2.75) is 45.6 Å². The van der Waals surface area contributed by atoms with E-state index in [9.17, 15) is 13.2 Å². The van der Waals surface area contributed by atoms with Crippen LogP contribution in [0.5, 0.6) is 5.75 Å². The van der Waals surface area contributed by atoms with E-state index in [0.29, 0.717) is 22.1 Å². The number of carbonyl (C=O) groups is 1. The van der Waals surface area contributed by atoms with Crippen LogP contribution in [0.2, 0.25) is 5.02 Å². The topological polar surface area (TPSA) is 84.5 Å². The molecule has 8 heteroatoms. The number of nitrogens with one attached hydrogen (secondary N) is 2. The van der Waals surface area contributed by atoms with E-state index in [-0.39, 0.29) is 10.8 Å². The molecule has 0 aliphatic heterocycles. The van der Waals surface area contributed by atoms with Gasteiger partial charge in [-0.1, -0.05) is 29.3 Å². The Labute approximate surface area is 200 Å². The minimum Gasteiger partial charge on any atom is -0.481 e. The largest absolute Gasteiger partial charge is 0.481 e. The SMILES string of the molecule is Cc1ccc(NS(=O)(=O)c2ccc(NC(=O)[C@H](C)Oc3cc(C)c(Cl)c(C)c3)cc2)c(C)c1. The van der Waals surface area contributed by atoms with Crippen molar-refractivity contribution in [2.75, 3.05) is 10.0 Å². The molecule has 0 aliphatic rings. The zero-order valence-corrected chi connectivity index (χ0v) is 20.8. The Bertz CT molecular complexity index is 1270. The van der Waals surface area contributed by atoms with Gasteiger partial charge in [0.15, 0.2) is 6.10 Å². The van der Waals surface area contributed by atoms with E-state index >= 15 is 0 Å². The fourth-order valence-corrected chi connectivity index (χ4v) is 4.56. The van der Waals surface area contributed by atoms with Crippen LogP contribution in [-0.2, 0) is 14.8 Å². The van der Waals surface area contributed by atoms with Crippen LogP contribution in [-0.4, -0.2) is 20.4 Å². The molecule has 3 aromatic carbocycles. The number of amides is 1. The molecule has 6 nitrogen and oxygen atoms in total. The van der Waals surface area contributed by atoms with Crippen molar-refractivity contribution in [3.05, 3.63) is 81.9 Å². The molecule has 0 heterocycles. The minimum atomic E-state index is -3.76. The Hall–Kier alpha value is -3.03. The number of hydrogen-bond donors (Lipinski definition) is 2. The van der Waals surface area contributed by atoms with Crippen LogP contribution >= 0.6 is 11.6 Å². The molecule has 3 aromatic rings. The van der Waals surface area contributed by atoms with Crippen LogP contribution in [0, 0.1) is 27.7 Å². The maximum Gasteiger partial charge on any atom is 0.265 e. The number of hydrogen-bond acceptors (Lipinski definition) is 4. The monoisotopic (exact) mass is 486 g/mol. The van der Waals surface area contributed by atoms with Gasteiger partial charge in [0.2, 0.25) is 0 Å². The lowest BCUT2D eigenvalue weighted by molar-refractivity contribution is -0.122. The highest BCUT2D eigenvalue weighted by molar-refractivity contribution is 7.92. The van der Waals surface area contributed by atoms with Crippen molar-refractivity contribution in [2.24, 2.45) is 0 Å². The van der Waals surface area contributed by atoms with Crippen molar-refractivity contribution >= 4 is 38.9 Å². The summed E-state index contributed by atoms with van der Waals surface area (Å²) >= 11 is 6.18. The van der Waals surface area contributed by atoms with Gasteiger partial charge in [0.25, 0.3) is 15.9 Å². The molecular weight excluding hydrogens is 460 g/mol. The maximum atomic E-state index is 12.7.